The molecule has 0 bridgehead atoms. The SMILES string of the molecule is Fc1cc2nc(CCCl)n(CC3CCCS3)c2cc1Br. The molecule has 0 spiro atoms. The van der Waals surface area contributed by atoms with E-state index in [1.807, 2.05) is 17.8 Å². The van der Waals surface area contributed by atoms with Crippen LogP contribution in [0.15, 0.2) is 16.6 Å². The van der Waals surface area contributed by atoms with E-state index < -0.39 is 0 Å². The highest BCUT2D eigenvalue weighted by Gasteiger charge is 2.20. The van der Waals surface area contributed by atoms with Crippen molar-refractivity contribution in [3.8, 4) is 0 Å². The molecule has 1 aromatic carbocycles. The Balaban J connectivity index is 2.04. The van der Waals surface area contributed by atoms with Crippen LogP contribution < -0.4 is 0 Å². The topological polar surface area (TPSA) is 17.8 Å². The molecule has 6 heteroatoms. The molecule has 1 aliphatic heterocycles. The molecule has 108 valence electrons. The molecule has 0 N–H and O–H groups in total. The monoisotopic (exact) mass is 376 g/mol. The van der Waals surface area contributed by atoms with E-state index in [1.54, 1.807) is 0 Å². The number of hydrogen-bond donors (Lipinski definition) is 0. The van der Waals surface area contributed by atoms with Crippen LogP contribution in [-0.4, -0.2) is 26.4 Å². The number of alkyl halides is 1. The maximum absolute atomic E-state index is 13.7. The van der Waals surface area contributed by atoms with Gasteiger partial charge in [-0.2, -0.15) is 11.8 Å². The van der Waals surface area contributed by atoms with Crippen LogP contribution in [0.4, 0.5) is 4.39 Å². The third kappa shape index (κ3) is 2.85. The van der Waals surface area contributed by atoms with E-state index in [0.717, 1.165) is 17.9 Å². The Kier molecular flexibility index (Phi) is 4.58. The summed E-state index contributed by atoms with van der Waals surface area (Å²) in [6.45, 7) is 0.936. The van der Waals surface area contributed by atoms with Gasteiger partial charge in [-0.1, -0.05) is 0 Å². The number of nitrogens with zero attached hydrogens (tertiary/aromatic N) is 2. The van der Waals surface area contributed by atoms with E-state index >= 15 is 0 Å². The van der Waals surface area contributed by atoms with Crippen LogP contribution >= 0.6 is 39.3 Å². The molecule has 2 aromatic rings. The highest BCUT2D eigenvalue weighted by atomic mass is 79.9. The highest BCUT2D eigenvalue weighted by Crippen LogP contribution is 2.30. The average Bonchev–Trinajstić information content (AvgIpc) is 3.02. The van der Waals surface area contributed by atoms with Gasteiger partial charge >= 0.3 is 0 Å². The van der Waals surface area contributed by atoms with Crippen molar-refractivity contribution in [3.63, 3.8) is 0 Å². The van der Waals surface area contributed by atoms with E-state index in [9.17, 15) is 4.39 Å². The van der Waals surface area contributed by atoms with Gasteiger partial charge in [0.05, 0.1) is 15.5 Å². The van der Waals surface area contributed by atoms with Crippen molar-refractivity contribution in [2.45, 2.75) is 31.1 Å². The molecular weight excluding hydrogens is 363 g/mol. The second kappa shape index (κ2) is 6.24. The summed E-state index contributed by atoms with van der Waals surface area (Å²) in [5, 5.41) is 0.630. The first-order chi connectivity index (χ1) is 9.69. The van der Waals surface area contributed by atoms with Crippen LogP contribution in [0.3, 0.4) is 0 Å². The van der Waals surface area contributed by atoms with Crippen LogP contribution in [0.2, 0.25) is 0 Å². The third-order valence-electron chi connectivity index (χ3n) is 3.60. The molecule has 1 aliphatic rings. The van der Waals surface area contributed by atoms with Crippen molar-refractivity contribution < 1.29 is 4.39 Å². The van der Waals surface area contributed by atoms with Gasteiger partial charge in [-0.25, -0.2) is 9.37 Å². The molecule has 2 heterocycles. The Morgan fingerprint density at radius 1 is 1.50 bits per heavy atom. The first-order valence-corrected chi connectivity index (χ1v) is 9.08. The number of thioether (sulfide) groups is 1. The lowest BCUT2D eigenvalue weighted by Crippen LogP contribution is -2.13. The summed E-state index contributed by atoms with van der Waals surface area (Å²) in [7, 11) is 0. The Morgan fingerprint density at radius 2 is 2.35 bits per heavy atom. The zero-order valence-electron chi connectivity index (χ0n) is 10.9. The second-order valence-electron chi connectivity index (χ2n) is 4.97. The maximum atomic E-state index is 13.7. The van der Waals surface area contributed by atoms with E-state index in [1.165, 1.54) is 24.7 Å². The Hall–Kier alpha value is -0.260. The van der Waals surface area contributed by atoms with Crippen molar-refractivity contribution in [3.05, 3.63) is 28.2 Å². The number of aryl methyl sites for hydroxylation is 1. The van der Waals surface area contributed by atoms with Gasteiger partial charge in [0.25, 0.3) is 0 Å². The Morgan fingerprint density at radius 3 is 3.05 bits per heavy atom. The number of fused-ring (bicyclic) bond motifs is 1. The Bertz CT molecular complexity index is 625. The molecule has 0 amide bonds. The molecule has 20 heavy (non-hydrogen) atoms. The van der Waals surface area contributed by atoms with Crippen LogP contribution in [0.1, 0.15) is 18.7 Å². The first kappa shape index (κ1) is 14.7. The van der Waals surface area contributed by atoms with Gasteiger partial charge in [0.15, 0.2) is 0 Å². The fraction of sp³-hybridized carbons (Fsp3) is 0.500. The van der Waals surface area contributed by atoms with Gasteiger partial charge in [0.1, 0.15) is 11.6 Å². The highest BCUT2D eigenvalue weighted by molar-refractivity contribution is 9.10. The lowest BCUT2D eigenvalue weighted by atomic mass is 10.2. The smallest absolute Gasteiger partial charge is 0.139 e. The van der Waals surface area contributed by atoms with E-state index in [-0.39, 0.29) is 5.82 Å². The largest absolute Gasteiger partial charge is 0.327 e. The molecule has 1 aromatic heterocycles. The zero-order valence-corrected chi connectivity index (χ0v) is 14.1. The third-order valence-corrected chi connectivity index (χ3v) is 5.77. The second-order valence-corrected chi connectivity index (χ2v) is 7.61. The summed E-state index contributed by atoms with van der Waals surface area (Å²) in [4.78, 5) is 4.55. The molecule has 1 unspecified atom stereocenters. The van der Waals surface area contributed by atoms with Gasteiger partial charge in [-0.05, 0) is 40.6 Å². The molecule has 1 atom stereocenters. The molecule has 1 fully saturated rings. The number of halogens is 3. The minimum atomic E-state index is -0.269. The predicted octanol–water partition coefficient (Wildman–Crippen LogP) is 4.61. The fourth-order valence-corrected chi connectivity index (χ4v) is 4.40. The van der Waals surface area contributed by atoms with Crippen LogP contribution in [0.25, 0.3) is 11.0 Å². The summed E-state index contributed by atoms with van der Waals surface area (Å²) < 4.78 is 16.4. The van der Waals surface area contributed by atoms with Crippen molar-refractivity contribution in [2.75, 3.05) is 11.6 Å². The summed E-state index contributed by atoms with van der Waals surface area (Å²) in [6.07, 6.45) is 3.24. The van der Waals surface area contributed by atoms with Gasteiger partial charge < -0.3 is 4.57 Å². The van der Waals surface area contributed by atoms with Crippen molar-refractivity contribution in [1.82, 2.24) is 9.55 Å². The molecule has 0 radical (unpaired) electrons. The molecule has 3 rings (SSSR count). The van der Waals surface area contributed by atoms with Gasteiger partial charge in [-0.3, -0.25) is 0 Å². The molecule has 1 saturated heterocycles. The number of benzene rings is 1. The molecular formula is C14H15BrClFN2S. The molecule has 0 aliphatic carbocycles. The van der Waals surface area contributed by atoms with Crippen LogP contribution in [-0.2, 0) is 13.0 Å². The standard InChI is InChI=1S/C14H15BrClFN2S/c15-10-6-13-12(7-11(10)17)18-14(3-4-16)19(13)8-9-2-1-5-20-9/h6-7,9H,1-5,8H2. The van der Waals surface area contributed by atoms with Crippen molar-refractivity contribution in [2.24, 2.45) is 0 Å². The number of hydrogen-bond acceptors (Lipinski definition) is 2. The normalized spacial score (nSPS) is 19.1. The summed E-state index contributed by atoms with van der Waals surface area (Å²) in [5.41, 5.74) is 1.71. The van der Waals surface area contributed by atoms with Crippen molar-refractivity contribution in [1.29, 1.82) is 0 Å². The number of rotatable bonds is 4. The van der Waals surface area contributed by atoms with Gasteiger partial charge in [0, 0.05) is 30.2 Å². The lowest BCUT2D eigenvalue weighted by molar-refractivity contribution is 0.620. The van der Waals surface area contributed by atoms with Crippen LogP contribution in [0, 0.1) is 5.82 Å². The number of aromatic nitrogens is 2. The van der Waals surface area contributed by atoms with E-state index in [2.05, 4.69) is 25.5 Å². The maximum Gasteiger partial charge on any atom is 0.139 e. The first-order valence-electron chi connectivity index (χ1n) is 6.71. The minimum Gasteiger partial charge on any atom is -0.327 e. The summed E-state index contributed by atoms with van der Waals surface area (Å²) >= 11 is 11.2. The van der Waals surface area contributed by atoms with Crippen molar-refractivity contribution >= 4 is 50.3 Å². The summed E-state index contributed by atoms with van der Waals surface area (Å²) in [5.74, 6) is 2.46. The fourth-order valence-electron chi connectivity index (χ4n) is 2.64. The average molecular weight is 378 g/mol. The quantitative estimate of drug-likeness (QED) is 0.724. The zero-order chi connectivity index (χ0) is 14.1. The van der Waals surface area contributed by atoms with Gasteiger partial charge in [-0.15, -0.1) is 11.6 Å². The minimum absolute atomic E-state index is 0.269. The van der Waals surface area contributed by atoms with E-state index in [0.29, 0.717) is 27.5 Å². The molecule has 0 saturated carbocycles. The number of imidazole rings is 1. The molecule has 2 nitrogen and oxygen atoms in total. The van der Waals surface area contributed by atoms with Gasteiger partial charge in [0.2, 0.25) is 0 Å². The lowest BCUT2D eigenvalue weighted by Gasteiger charge is -2.13. The predicted molar refractivity (Wildman–Crippen MR) is 87.3 cm³/mol. The summed E-state index contributed by atoms with van der Waals surface area (Å²) in [6, 6.07) is 3.32. The van der Waals surface area contributed by atoms with Crippen LogP contribution in [0.5, 0.6) is 0 Å². The Labute approximate surface area is 135 Å². The van der Waals surface area contributed by atoms with E-state index in [4.69, 9.17) is 11.6 Å².